The third-order valence-electron chi connectivity index (χ3n) is 3.42. The zero-order chi connectivity index (χ0) is 16.4. The third-order valence-corrected chi connectivity index (χ3v) is 4.16. The van der Waals surface area contributed by atoms with Crippen molar-refractivity contribution in [2.75, 3.05) is 11.9 Å². The molecule has 23 heavy (non-hydrogen) atoms. The van der Waals surface area contributed by atoms with Crippen molar-refractivity contribution in [3.05, 3.63) is 34.3 Å². The molecule has 1 aromatic carbocycles. The molecule has 0 fully saturated rings. The van der Waals surface area contributed by atoms with Gasteiger partial charge in [0.1, 0.15) is 5.75 Å². The number of nitrogens with zero attached hydrogens (tertiary/aromatic N) is 2. The van der Waals surface area contributed by atoms with Gasteiger partial charge in [0.25, 0.3) is 11.8 Å². The van der Waals surface area contributed by atoms with Crippen molar-refractivity contribution in [3.63, 3.8) is 0 Å². The first-order valence-electron chi connectivity index (χ1n) is 7.20. The van der Waals surface area contributed by atoms with Crippen LogP contribution in [0.4, 0.5) is 5.69 Å². The molecule has 1 aliphatic rings. The van der Waals surface area contributed by atoms with Crippen molar-refractivity contribution < 1.29 is 14.3 Å². The van der Waals surface area contributed by atoms with Crippen LogP contribution < -0.4 is 15.4 Å². The van der Waals surface area contributed by atoms with E-state index >= 15 is 0 Å². The Morgan fingerprint density at radius 1 is 1.48 bits per heavy atom. The van der Waals surface area contributed by atoms with Crippen molar-refractivity contribution in [1.29, 1.82) is 0 Å². The van der Waals surface area contributed by atoms with Crippen molar-refractivity contribution in [1.82, 2.24) is 14.9 Å². The number of fused-ring (bicyclic) bond motifs is 1. The molecule has 8 heteroatoms. The number of ether oxygens (including phenoxy) is 1. The fraction of sp³-hybridized carbons (Fsp3) is 0.333. The molecule has 2 heterocycles. The summed E-state index contributed by atoms with van der Waals surface area (Å²) in [6, 6.07) is 4.94. The normalized spacial score (nSPS) is 13.3. The first-order valence-corrected chi connectivity index (χ1v) is 7.98. The van der Waals surface area contributed by atoms with E-state index in [1.54, 1.807) is 18.2 Å². The Labute approximate surface area is 137 Å². The summed E-state index contributed by atoms with van der Waals surface area (Å²) in [7, 11) is 0. The van der Waals surface area contributed by atoms with Gasteiger partial charge in [-0.2, -0.15) is 0 Å². The van der Waals surface area contributed by atoms with Gasteiger partial charge in [0.15, 0.2) is 6.61 Å². The first kappa shape index (κ1) is 15.4. The molecule has 7 nitrogen and oxygen atoms in total. The van der Waals surface area contributed by atoms with E-state index in [1.807, 2.05) is 13.8 Å². The van der Waals surface area contributed by atoms with Gasteiger partial charge in [-0.15, -0.1) is 5.10 Å². The maximum Gasteiger partial charge on any atom is 0.262 e. The Balaban J connectivity index is 1.69. The fourth-order valence-electron chi connectivity index (χ4n) is 2.25. The first-order chi connectivity index (χ1) is 11.0. The lowest BCUT2D eigenvalue weighted by Crippen LogP contribution is -2.26. The number of amides is 2. The van der Waals surface area contributed by atoms with Crippen LogP contribution in [0, 0.1) is 0 Å². The lowest BCUT2D eigenvalue weighted by molar-refractivity contribution is -0.118. The minimum absolute atomic E-state index is 0.0393. The predicted molar refractivity (Wildman–Crippen MR) is 85.7 cm³/mol. The zero-order valence-electron chi connectivity index (χ0n) is 12.8. The van der Waals surface area contributed by atoms with E-state index in [0.717, 1.165) is 10.6 Å². The number of carbonyl (C=O) groups excluding carboxylic acids is 2. The van der Waals surface area contributed by atoms with Crippen LogP contribution >= 0.6 is 11.5 Å². The fourth-order valence-corrected chi connectivity index (χ4v) is 2.99. The number of aromatic nitrogens is 2. The van der Waals surface area contributed by atoms with Gasteiger partial charge in [-0.25, -0.2) is 0 Å². The van der Waals surface area contributed by atoms with Crippen molar-refractivity contribution in [3.8, 4) is 5.75 Å². The second-order valence-corrected chi connectivity index (χ2v) is 6.31. The van der Waals surface area contributed by atoms with Gasteiger partial charge < -0.3 is 15.4 Å². The van der Waals surface area contributed by atoms with E-state index in [0.29, 0.717) is 23.5 Å². The maximum atomic E-state index is 12.3. The monoisotopic (exact) mass is 332 g/mol. The molecule has 0 radical (unpaired) electrons. The molecule has 2 amide bonds. The topological polar surface area (TPSA) is 93.2 Å². The molecule has 1 aromatic heterocycles. The van der Waals surface area contributed by atoms with Gasteiger partial charge in [0.05, 0.1) is 22.8 Å². The number of rotatable bonds is 4. The lowest BCUT2D eigenvalue weighted by Gasteiger charge is -2.18. The molecule has 0 saturated carbocycles. The summed E-state index contributed by atoms with van der Waals surface area (Å²) in [5, 5.41) is 9.64. The summed E-state index contributed by atoms with van der Waals surface area (Å²) >= 11 is 1.29. The van der Waals surface area contributed by atoms with Crippen LogP contribution in [0.2, 0.25) is 0 Å². The molecule has 1 aliphatic heterocycles. The largest absolute Gasteiger partial charge is 0.482 e. The van der Waals surface area contributed by atoms with Crippen molar-refractivity contribution in [2.45, 2.75) is 26.3 Å². The Morgan fingerprint density at radius 3 is 3.09 bits per heavy atom. The zero-order valence-corrected chi connectivity index (χ0v) is 13.6. The van der Waals surface area contributed by atoms with Crippen molar-refractivity contribution in [2.24, 2.45) is 0 Å². The highest BCUT2D eigenvalue weighted by molar-refractivity contribution is 7.05. The summed E-state index contributed by atoms with van der Waals surface area (Å²) in [6.07, 6.45) is 0. The van der Waals surface area contributed by atoms with Gasteiger partial charge >= 0.3 is 0 Å². The summed E-state index contributed by atoms with van der Waals surface area (Å²) in [6.45, 7) is 4.43. The van der Waals surface area contributed by atoms with Crippen molar-refractivity contribution >= 4 is 29.0 Å². The molecule has 0 unspecified atom stereocenters. The molecule has 0 atom stereocenters. The van der Waals surface area contributed by atoms with Crippen LogP contribution in [-0.4, -0.2) is 28.0 Å². The highest BCUT2D eigenvalue weighted by Gasteiger charge is 2.18. The molecular formula is C15H16N4O3S. The highest BCUT2D eigenvalue weighted by atomic mass is 32.1. The SMILES string of the molecule is CC(C)c1nnsc1CNC(=O)c1ccc2c(c1)OCC(=O)N2. The smallest absolute Gasteiger partial charge is 0.262 e. The van der Waals surface area contributed by atoms with E-state index in [2.05, 4.69) is 20.2 Å². The Hall–Kier alpha value is -2.48. The second kappa shape index (κ2) is 6.33. The number of carbonyl (C=O) groups is 2. The Morgan fingerprint density at radius 2 is 2.30 bits per heavy atom. The van der Waals surface area contributed by atoms with Crippen LogP contribution in [-0.2, 0) is 11.3 Å². The standard InChI is InChI=1S/C15H16N4O3S/c1-8(2)14-12(23-19-18-14)6-16-15(21)9-3-4-10-11(5-9)22-7-13(20)17-10/h3-5,8H,6-7H2,1-2H3,(H,16,21)(H,17,20). The Kier molecular flexibility index (Phi) is 4.24. The number of benzene rings is 1. The number of hydrogen-bond donors (Lipinski definition) is 2. The molecule has 0 bridgehead atoms. The average molecular weight is 332 g/mol. The lowest BCUT2D eigenvalue weighted by atomic mass is 10.1. The quantitative estimate of drug-likeness (QED) is 0.892. The maximum absolute atomic E-state index is 12.3. The summed E-state index contributed by atoms with van der Waals surface area (Å²) < 4.78 is 9.26. The van der Waals surface area contributed by atoms with Crippen LogP contribution in [0.25, 0.3) is 0 Å². The van der Waals surface area contributed by atoms with E-state index in [9.17, 15) is 9.59 Å². The van der Waals surface area contributed by atoms with Gasteiger partial charge in [-0.05, 0) is 35.6 Å². The predicted octanol–water partition coefficient (Wildman–Crippen LogP) is 1.92. The number of anilines is 1. The van der Waals surface area contributed by atoms with E-state index in [1.165, 1.54) is 11.5 Å². The molecule has 3 rings (SSSR count). The molecule has 120 valence electrons. The molecule has 0 saturated heterocycles. The van der Waals surface area contributed by atoms with Crippen LogP contribution in [0.5, 0.6) is 5.75 Å². The minimum Gasteiger partial charge on any atom is -0.482 e. The summed E-state index contributed by atoms with van der Waals surface area (Å²) in [4.78, 5) is 24.5. The highest BCUT2D eigenvalue weighted by Crippen LogP contribution is 2.28. The molecule has 0 aliphatic carbocycles. The van der Waals surface area contributed by atoms with E-state index in [-0.39, 0.29) is 24.3 Å². The molecule has 0 spiro atoms. The number of hydrogen-bond acceptors (Lipinski definition) is 6. The molecule has 2 N–H and O–H groups in total. The van der Waals surface area contributed by atoms with Gasteiger partial charge in [-0.1, -0.05) is 18.3 Å². The average Bonchev–Trinajstić information content (AvgIpc) is 3.00. The summed E-state index contributed by atoms with van der Waals surface area (Å²) in [5.74, 6) is 0.353. The summed E-state index contributed by atoms with van der Waals surface area (Å²) in [5.41, 5.74) is 1.96. The minimum atomic E-state index is -0.212. The molecular weight excluding hydrogens is 316 g/mol. The Bertz CT molecular complexity index is 757. The van der Waals surface area contributed by atoms with Gasteiger partial charge in [0.2, 0.25) is 0 Å². The van der Waals surface area contributed by atoms with Crippen LogP contribution in [0.1, 0.15) is 40.7 Å². The third kappa shape index (κ3) is 3.31. The van der Waals surface area contributed by atoms with Crippen LogP contribution in [0.3, 0.4) is 0 Å². The van der Waals surface area contributed by atoms with E-state index in [4.69, 9.17) is 4.74 Å². The second-order valence-electron chi connectivity index (χ2n) is 5.47. The van der Waals surface area contributed by atoms with E-state index < -0.39 is 0 Å². The van der Waals surface area contributed by atoms with Gasteiger partial charge in [0, 0.05) is 5.56 Å². The van der Waals surface area contributed by atoms with Gasteiger partial charge in [-0.3, -0.25) is 9.59 Å². The number of nitrogens with one attached hydrogen (secondary N) is 2. The van der Waals surface area contributed by atoms with Crippen LogP contribution in [0.15, 0.2) is 18.2 Å². The molecule has 2 aromatic rings.